The highest BCUT2D eigenvalue weighted by Crippen LogP contribution is 2.41. The van der Waals surface area contributed by atoms with Crippen LogP contribution in [0.3, 0.4) is 0 Å². The van der Waals surface area contributed by atoms with Gasteiger partial charge in [-0.1, -0.05) is 17.7 Å². The molecule has 1 aliphatic heterocycles. The summed E-state index contributed by atoms with van der Waals surface area (Å²) >= 11 is 6.53. The largest absolute Gasteiger partial charge is 0.493 e. The summed E-state index contributed by atoms with van der Waals surface area (Å²) in [7, 11) is 4.85. The predicted octanol–water partition coefficient (Wildman–Crippen LogP) is 4.61. The van der Waals surface area contributed by atoms with Gasteiger partial charge in [0.1, 0.15) is 23.6 Å². The van der Waals surface area contributed by atoms with E-state index in [2.05, 4.69) is 14.9 Å². The first-order chi connectivity index (χ1) is 14.6. The number of aromatic nitrogens is 2. The van der Waals surface area contributed by atoms with Crippen molar-refractivity contribution in [3.8, 4) is 23.0 Å². The Balaban J connectivity index is 1.85. The molecule has 3 aromatic rings. The van der Waals surface area contributed by atoms with Crippen LogP contribution in [0.4, 0.5) is 5.82 Å². The third kappa shape index (κ3) is 3.99. The third-order valence-corrected chi connectivity index (χ3v) is 5.25. The van der Waals surface area contributed by atoms with Gasteiger partial charge in [0.25, 0.3) is 0 Å². The molecule has 0 amide bonds. The topological polar surface area (TPSA) is 65.9 Å². The summed E-state index contributed by atoms with van der Waals surface area (Å²) in [6.45, 7) is 1.46. The SMILES string of the molecule is COCc1cc(N2Cc3cc(OC)c(OC)cc3Oc3cccc(Cl)c3C2)ncn1. The summed E-state index contributed by atoms with van der Waals surface area (Å²) in [6.07, 6.45) is 1.54. The minimum atomic E-state index is 0.408. The molecule has 0 spiro atoms. The van der Waals surface area contributed by atoms with Crippen LogP contribution in [0.5, 0.6) is 23.0 Å². The zero-order chi connectivity index (χ0) is 21.1. The molecule has 0 unspecified atom stereocenters. The highest BCUT2D eigenvalue weighted by Gasteiger charge is 2.23. The molecule has 30 heavy (non-hydrogen) atoms. The minimum Gasteiger partial charge on any atom is -0.493 e. The Morgan fingerprint density at radius 1 is 1.00 bits per heavy atom. The van der Waals surface area contributed by atoms with Gasteiger partial charge in [0.05, 0.1) is 26.5 Å². The second kappa shape index (κ2) is 8.77. The van der Waals surface area contributed by atoms with Crippen LogP contribution >= 0.6 is 11.6 Å². The summed E-state index contributed by atoms with van der Waals surface area (Å²) in [5.74, 6) is 3.36. The van der Waals surface area contributed by atoms with E-state index in [-0.39, 0.29) is 0 Å². The molecule has 1 aliphatic rings. The molecule has 0 bridgehead atoms. The fourth-order valence-electron chi connectivity index (χ4n) is 3.43. The lowest BCUT2D eigenvalue weighted by Crippen LogP contribution is -2.25. The quantitative estimate of drug-likeness (QED) is 0.589. The number of ether oxygens (including phenoxy) is 4. The summed E-state index contributed by atoms with van der Waals surface area (Å²) in [5, 5.41) is 0.632. The molecule has 0 saturated carbocycles. The van der Waals surface area contributed by atoms with Crippen LogP contribution in [0.15, 0.2) is 42.7 Å². The molecular weight excluding hydrogens is 406 g/mol. The Labute approximate surface area is 180 Å². The van der Waals surface area contributed by atoms with E-state index in [1.807, 2.05) is 36.4 Å². The lowest BCUT2D eigenvalue weighted by atomic mass is 10.1. The number of benzene rings is 2. The van der Waals surface area contributed by atoms with Crippen molar-refractivity contribution < 1.29 is 18.9 Å². The number of nitrogens with zero attached hydrogens (tertiary/aromatic N) is 3. The summed E-state index contributed by atoms with van der Waals surface area (Å²) in [4.78, 5) is 10.9. The first kappa shape index (κ1) is 20.3. The molecule has 1 aromatic heterocycles. The highest BCUT2D eigenvalue weighted by molar-refractivity contribution is 6.31. The Hall–Kier alpha value is -3.03. The van der Waals surface area contributed by atoms with E-state index in [1.54, 1.807) is 27.7 Å². The van der Waals surface area contributed by atoms with Crippen molar-refractivity contribution in [1.29, 1.82) is 0 Å². The molecule has 2 heterocycles. The molecule has 0 aliphatic carbocycles. The molecular formula is C22H22ClN3O4. The molecule has 156 valence electrons. The standard InChI is InChI=1S/C22H22ClN3O4/c1-27-12-15-8-22(25-13-24-15)26-10-14-7-20(28-2)21(29-3)9-19(14)30-18-6-4-5-17(23)16(18)11-26/h4-9,13H,10-12H2,1-3H3. The van der Waals surface area contributed by atoms with Crippen LogP contribution in [0.1, 0.15) is 16.8 Å². The van der Waals surface area contributed by atoms with Gasteiger partial charge >= 0.3 is 0 Å². The van der Waals surface area contributed by atoms with Gasteiger partial charge in [-0.05, 0) is 18.2 Å². The second-order valence-electron chi connectivity index (χ2n) is 6.79. The van der Waals surface area contributed by atoms with Gasteiger partial charge in [0.15, 0.2) is 11.5 Å². The molecule has 4 rings (SSSR count). The predicted molar refractivity (Wildman–Crippen MR) is 114 cm³/mol. The van der Waals surface area contributed by atoms with Crippen LogP contribution in [-0.4, -0.2) is 31.3 Å². The molecule has 0 N–H and O–H groups in total. The molecule has 2 aromatic carbocycles. The van der Waals surface area contributed by atoms with Gasteiger partial charge in [-0.25, -0.2) is 9.97 Å². The lowest BCUT2D eigenvalue weighted by molar-refractivity contribution is 0.181. The Morgan fingerprint density at radius 2 is 1.80 bits per heavy atom. The minimum absolute atomic E-state index is 0.408. The van der Waals surface area contributed by atoms with Gasteiger partial charge in [-0.3, -0.25) is 0 Å². The van der Waals surface area contributed by atoms with Crippen LogP contribution in [0, 0.1) is 0 Å². The van der Waals surface area contributed by atoms with E-state index in [4.69, 9.17) is 30.5 Å². The van der Waals surface area contributed by atoms with E-state index in [1.165, 1.54) is 0 Å². The maximum absolute atomic E-state index is 6.53. The van der Waals surface area contributed by atoms with E-state index in [0.29, 0.717) is 47.7 Å². The van der Waals surface area contributed by atoms with E-state index >= 15 is 0 Å². The average molecular weight is 428 g/mol. The zero-order valence-corrected chi connectivity index (χ0v) is 17.8. The van der Waals surface area contributed by atoms with Crippen molar-refractivity contribution in [2.45, 2.75) is 19.7 Å². The Morgan fingerprint density at radius 3 is 2.57 bits per heavy atom. The normalized spacial score (nSPS) is 12.9. The molecule has 0 atom stereocenters. The van der Waals surface area contributed by atoms with Crippen molar-refractivity contribution in [3.63, 3.8) is 0 Å². The van der Waals surface area contributed by atoms with Crippen LogP contribution in [0.2, 0.25) is 5.02 Å². The second-order valence-corrected chi connectivity index (χ2v) is 7.20. The summed E-state index contributed by atoms with van der Waals surface area (Å²) in [6, 6.07) is 11.3. The number of halogens is 1. The number of rotatable bonds is 5. The highest BCUT2D eigenvalue weighted by atomic mass is 35.5. The van der Waals surface area contributed by atoms with Gasteiger partial charge in [0, 0.05) is 48.5 Å². The van der Waals surface area contributed by atoms with Crippen molar-refractivity contribution in [3.05, 3.63) is 64.6 Å². The number of fused-ring (bicyclic) bond motifs is 2. The molecule has 0 saturated heterocycles. The van der Waals surface area contributed by atoms with Gasteiger partial charge in [-0.2, -0.15) is 0 Å². The monoisotopic (exact) mass is 427 g/mol. The Bertz CT molecular complexity index is 1060. The average Bonchev–Trinajstić information content (AvgIpc) is 2.74. The zero-order valence-electron chi connectivity index (χ0n) is 17.0. The summed E-state index contributed by atoms with van der Waals surface area (Å²) < 4.78 is 22.4. The van der Waals surface area contributed by atoms with Crippen molar-refractivity contribution in [1.82, 2.24) is 9.97 Å². The van der Waals surface area contributed by atoms with Crippen molar-refractivity contribution >= 4 is 17.4 Å². The van der Waals surface area contributed by atoms with E-state index in [0.717, 1.165) is 22.6 Å². The fraction of sp³-hybridized carbons (Fsp3) is 0.273. The fourth-order valence-corrected chi connectivity index (χ4v) is 3.65. The van der Waals surface area contributed by atoms with E-state index in [9.17, 15) is 0 Å². The first-order valence-electron chi connectivity index (χ1n) is 9.38. The number of methoxy groups -OCH3 is 3. The first-order valence-corrected chi connectivity index (χ1v) is 9.75. The number of hydrogen-bond donors (Lipinski definition) is 0. The van der Waals surface area contributed by atoms with Crippen LogP contribution < -0.4 is 19.1 Å². The Kier molecular flexibility index (Phi) is 5.92. The molecule has 0 fully saturated rings. The van der Waals surface area contributed by atoms with Gasteiger partial charge in [-0.15, -0.1) is 0 Å². The molecule has 0 radical (unpaired) electrons. The smallest absolute Gasteiger partial charge is 0.164 e. The van der Waals surface area contributed by atoms with Gasteiger partial charge < -0.3 is 23.8 Å². The molecule has 7 nitrogen and oxygen atoms in total. The summed E-state index contributed by atoms with van der Waals surface area (Å²) in [5.41, 5.74) is 2.62. The number of anilines is 1. The van der Waals surface area contributed by atoms with Gasteiger partial charge in [0.2, 0.25) is 0 Å². The number of hydrogen-bond acceptors (Lipinski definition) is 7. The third-order valence-electron chi connectivity index (χ3n) is 4.90. The maximum Gasteiger partial charge on any atom is 0.164 e. The molecule has 8 heteroatoms. The van der Waals surface area contributed by atoms with Crippen LogP contribution in [0.25, 0.3) is 0 Å². The van der Waals surface area contributed by atoms with Crippen molar-refractivity contribution in [2.24, 2.45) is 0 Å². The lowest BCUT2D eigenvalue weighted by Gasteiger charge is -2.29. The van der Waals surface area contributed by atoms with Crippen LogP contribution in [-0.2, 0) is 24.4 Å². The van der Waals surface area contributed by atoms with Crippen molar-refractivity contribution in [2.75, 3.05) is 26.2 Å². The maximum atomic E-state index is 6.53. The van der Waals surface area contributed by atoms with E-state index < -0.39 is 0 Å².